The van der Waals surface area contributed by atoms with Crippen molar-refractivity contribution in [2.24, 2.45) is 5.92 Å². The molecule has 0 aromatic heterocycles. The predicted molar refractivity (Wildman–Crippen MR) is 67.6 cm³/mol. The molecule has 2 atom stereocenters. The maximum atomic E-state index is 5.87. The van der Waals surface area contributed by atoms with E-state index in [4.69, 9.17) is 4.74 Å². The van der Waals surface area contributed by atoms with Gasteiger partial charge in [-0.05, 0) is 31.6 Å². The van der Waals surface area contributed by atoms with Crippen LogP contribution >= 0.6 is 0 Å². The van der Waals surface area contributed by atoms with Crippen molar-refractivity contribution in [2.45, 2.75) is 70.4 Å². The van der Waals surface area contributed by atoms with Crippen LogP contribution in [0.2, 0.25) is 0 Å². The van der Waals surface area contributed by atoms with Crippen LogP contribution in [0, 0.1) is 5.92 Å². The Kier molecular flexibility index (Phi) is 5.11. The van der Waals surface area contributed by atoms with Crippen molar-refractivity contribution in [1.82, 2.24) is 5.32 Å². The Balaban J connectivity index is 1.53. The van der Waals surface area contributed by atoms with Gasteiger partial charge in [-0.25, -0.2) is 0 Å². The molecule has 0 amide bonds. The molecule has 0 aliphatic heterocycles. The summed E-state index contributed by atoms with van der Waals surface area (Å²) in [7, 11) is 0. The molecule has 2 saturated carbocycles. The van der Waals surface area contributed by atoms with Crippen molar-refractivity contribution in [3.8, 4) is 0 Å². The molecule has 16 heavy (non-hydrogen) atoms. The SMILES string of the molecule is CCC1CCCC1NCCOC1CCCC1. The molecule has 0 aromatic carbocycles. The average Bonchev–Trinajstić information content (AvgIpc) is 2.95. The fourth-order valence-corrected chi connectivity index (χ4v) is 3.32. The molecule has 2 rings (SSSR count). The van der Waals surface area contributed by atoms with E-state index in [1.54, 1.807) is 0 Å². The minimum absolute atomic E-state index is 0.576. The number of rotatable bonds is 6. The van der Waals surface area contributed by atoms with Crippen LogP contribution < -0.4 is 5.32 Å². The Labute approximate surface area is 100 Å². The van der Waals surface area contributed by atoms with E-state index in [-0.39, 0.29) is 0 Å². The molecule has 2 heteroatoms. The van der Waals surface area contributed by atoms with E-state index in [0.717, 1.165) is 25.1 Å². The van der Waals surface area contributed by atoms with Gasteiger partial charge in [0, 0.05) is 12.6 Å². The molecule has 0 saturated heterocycles. The van der Waals surface area contributed by atoms with Crippen molar-refractivity contribution in [3.63, 3.8) is 0 Å². The molecule has 0 spiro atoms. The zero-order valence-corrected chi connectivity index (χ0v) is 10.7. The van der Waals surface area contributed by atoms with Gasteiger partial charge in [-0.15, -0.1) is 0 Å². The van der Waals surface area contributed by atoms with Gasteiger partial charge in [-0.3, -0.25) is 0 Å². The first-order valence-electron chi connectivity index (χ1n) is 7.25. The van der Waals surface area contributed by atoms with Crippen LogP contribution in [-0.2, 0) is 4.74 Å². The lowest BCUT2D eigenvalue weighted by Crippen LogP contribution is -2.35. The number of ether oxygens (including phenoxy) is 1. The number of hydrogen-bond acceptors (Lipinski definition) is 2. The molecule has 0 heterocycles. The van der Waals surface area contributed by atoms with Crippen molar-refractivity contribution >= 4 is 0 Å². The molecular formula is C14H27NO. The zero-order valence-electron chi connectivity index (χ0n) is 10.7. The first-order valence-corrected chi connectivity index (χ1v) is 7.25. The molecule has 0 radical (unpaired) electrons. The molecule has 2 nitrogen and oxygen atoms in total. The van der Waals surface area contributed by atoms with Gasteiger partial charge in [0.05, 0.1) is 12.7 Å². The van der Waals surface area contributed by atoms with Crippen LogP contribution in [0.5, 0.6) is 0 Å². The Morgan fingerprint density at radius 2 is 1.88 bits per heavy atom. The normalized spacial score (nSPS) is 31.3. The molecule has 0 bridgehead atoms. The average molecular weight is 225 g/mol. The van der Waals surface area contributed by atoms with Crippen LogP contribution in [-0.4, -0.2) is 25.3 Å². The third-order valence-corrected chi connectivity index (χ3v) is 4.35. The lowest BCUT2D eigenvalue weighted by molar-refractivity contribution is 0.0584. The summed E-state index contributed by atoms with van der Waals surface area (Å²) in [5, 5.41) is 3.68. The van der Waals surface area contributed by atoms with E-state index in [1.807, 2.05) is 0 Å². The van der Waals surface area contributed by atoms with Crippen LogP contribution in [0.1, 0.15) is 58.3 Å². The van der Waals surface area contributed by atoms with Crippen LogP contribution in [0.25, 0.3) is 0 Å². The van der Waals surface area contributed by atoms with Gasteiger partial charge < -0.3 is 10.1 Å². The molecule has 2 fully saturated rings. The Morgan fingerprint density at radius 1 is 1.06 bits per heavy atom. The van der Waals surface area contributed by atoms with Gasteiger partial charge >= 0.3 is 0 Å². The van der Waals surface area contributed by atoms with Crippen molar-refractivity contribution in [2.75, 3.05) is 13.2 Å². The summed E-state index contributed by atoms with van der Waals surface area (Å²) in [5.74, 6) is 0.923. The summed E-state index contributed by atoms with van der Waals surface area (Å²) in [5.41, 5.74) is 0. The molecule has 0 aromatic rings. The highest BCUT2D eigenvalue weighted by molar-refractivity contribution is 4.82. The van der Waals surface area contributed by atoms with Gasteiger partial charge in [0.1, 0.15) is 0 Å². The molecular weight excluding hydrogens is 198 g/mol. The fraction of sp³-hybridized carbons (Fsp3) is 1.00. The second-order valence-electron chi connectivity index (χ2n) is 5.44. The summed E-state index contributed by atoms with van der Waals surface area (Å²) in [6.45, 7) is 4.29. The summed E-state index contributed by atoms with van der Waals surface area (Å²) in [6.07, 6.45) is 11.5. The Morgan fingerprint density at radius 3 is 2.62 bits per heavy atom. The van der Waals surface area contributed by atoms with Gasteiger partial charge in [-0.1, -0.05) is 32.6 Å². The van der Waals surface area contributed by atoms with E-state index >= 15 is 0 Å². The molecule has 2 aliphatic rings. The minimum Gasteiger partial charge on any atom is -0.377 e. The monoisotopic (exact) mass is 225 g/mol. The second kappa shape index (κ2) is 6.61. The Bertz CT molecular complexity index is 189. The third kappa shape index (κ3) is 3.46. The maximum Gasteiger partial charge on any atom is 0.0594 e. The second-order valence-corrected chi connectivity index (χ2v) is 5.44. The van der Waals surface area contributed by atoms with Gasteiger partial charge in [0.25, 0.3) is 0 Å². The van der Waals surface area contributed by atoms with E-state index in [1.165, 1.54) is 51.4 Å². The summed E-state index contributed by atoms with van der Waals surface area (Å²) in [6, 6.07) is 0.775. The summed E-state index contributed by atoms with van der Waals surface area (Å²) < 4.78 is 5.87. The van der Waals surface area contributed by atoms with Crippen LogP contribution in [0.15, 0.2) is 0 Å². The summed E-state index contributed by atoms with van der Waals surface area (Å²) in [4.78, 5) is 0. The highest BCUT2D eigenvalue weighted by Crippen LogP contribution is 2.27. The molecule has 94 valence electrons. The molecule has 2 aliphatic carbocycles. The largest absolute Gasteiger partial charge is 0.377 e. The maximum absolute atomic E-state index is 5.87. The fourth-order valence-electron chi connectivity index (χ4n) is 3.32. The topological polar surface area (TPSA) is 21.3 Å². The summed E-state index contributed by atoms with van der Waals surface area (Å²) >= 11 is 0. The Hall–Kier alpha value is -0.0800. The highest BCUT2D eigenvalue weighted by atomic mass is 16.5. The van der Waals surface area contributed by atoms with Gasteiger partial charge in [-0.2, -0.15) is 0 Å². The predicted octanol–water partition coefficient (Wildman–Crippen LogP) is 3.11. The molecule has 2 unspecified atom stereocenters. The smallest absolute Gasteiger partial charge is 0.0594 e. The van der Waals surface area contributed by atoms with E-state index in [9.17, 15) is 0 Å². The first-order chi connectivity index (χ1) is 7.90. The van der Waals surface area contributed by atoms with Crippen molar-refractivity contribution in [1.29, 1.82) is 0 Å². The molecule has 1 N–H and O–H groups in total. The lowest BCUT2D eigenvalue weighted by Gasteiger charge is -2.20. The van der Waals surface area contributed by atoms with E-state index in [0.29, 0.717) is 6.10 Å². The highest BCUT2D eigenvalue weighted by Gasteiger charge is 2.24. The van der Waals surface area contributed by atoms with Crippen LogP contribution in [0.4, 0.5) is 0 Å². The third-order valence-electron chi connectivity index (χ3n) is 4.35. The van der Waals surface area contributed by atoms with Crippen LogP contribution in [0.3, 0.4) is 0 Å². The first kappa shape index (κ1) is 12.4. The van der Waals surface area contributed by atoms with Gasteiger partial charge in [0.2, 0.25) is 0 Å². The van der Waals surface area contributed by atoms with Crippen molar-refractivity contribution < 1.29 is 4.74 Å². The van der Waals surface area contributed by atoms with E-state index < -0.39 is 0 Å². The van der Waals surface area contributed by atoms with E-state index in [2.05, 4.69) is 12.2 Å². The number of nitrogens with one attached hydrogen (secondary N) is 1. The standard InChI is InChI=1S/C14H27NO/c1-2-12-6-5-9-14(12)15-10-11-16-13-7-3-4-8-13/h12-15H,2-11H2,1H3. The zero-order chi connectivity index (χ0) is 11.2. The van der Waals surface area contributed by atoms with Crippen molar-refractivity contribution in [3.05, 3.63) is 0 Å². The lowest BCUT2D eigenvalue weighted by atomic mass is 10.0. The van der Waals surface area contributed by atoms with Gasteiger partial charge in [0.15, 0.2) is 0 Å². The quantitative estimate of drug-likeness (QED) is 0.701. The minimum atomic E-state index is 0.576. The number of hydrogen-bond donors (Lipinski definition) is 1.